The highest BCUT2D eigenvalue weighted by molar-refractivity contribution is 7.89. The van der Waals surface area contributed by atoms with Gasteiger partial charge in [-0.25, -0.2) is 13.1 Å². The van der Waals surface area contributed by atoms with Crippen LogP contribution in [0.4, 0.5) is 5.69 Å². The first-order valence-electron chi connectivity index (χ1n) is 10.6. The smallest absolute Gasteiger partial charge is 0.259 e. The fourth-order valence-corrected chi connectivity index (χ4v) is 5.20. The van der Waals surface area contributed by atoms with Crippen LogP contribution in [0.1, 0.15) is 16.1 Å². The molecule has 180 valence electrons. The molecular formula is C23H26N4O6S. The largest absolute Gasteiger partial charge is 0.493 e. The van der Waals surface area contributed by atoms with Crippen LogP contribution >= 0.6 is 0 Å². The Bertz CT molecular complexity index is 1300. The Kier molecular flexibility index (Phi) is 6.87. The number of hydrogen-bond donors (Lipinski definition) is 1. The SMILES string of the molecule is COc1cc(S(=O)(=O)N2CCOCC2)cc(C(=O)Nc2cccc(-n3nccc3C)c2)c1OC. The highest BCUT2D eigenvalue weighted by Crippen LogP contribution is 2.36. The molecule has 4 rings (SSSR count). The van der Waals surface area contributed by atoms with Crippen LogP contribution < -0.4 is 14.8 Å². The van der Waals surface area contributed by atoms with E-state index in [1.54, 1.807) is 29.1 Å². The number of morpholine rings is 1. The molecule has 0 bridgehead atoms. The fourth-order valence-electron chi connectivity index (χ4n) is 3.75. The predicted molar refractivity (Wildman–Crippen MR) is 125 cm³/mol. The van der Waals surface area contributed by atoms with Crippen LogP contribution in [0.3, 0.4) is 0 Å². The van der Waals surface area contributed by atoms with E-state index >= 15 is 0 Å². The van der Waals surface area contributed by atoms with Crippen molar-refractivity contribution >= 4 is 21.6 Å². The van der Waals surface area contributed by atoms with E-state index in [2.05, 4.69) is 10.4 Å². The molecule has 3 aromatic rings. The molecule has 1 amide bonds. The molecule has 1 aromatic heterocycles. The van der Waals surface area contributed by atoms with Gasteiger partial charge in [-0.15, -0.1) is 0 Å². The zero-order valence-corrected chi connectivity index (χ0v) is 20.0. The van der Waals surface area contributed by atoms with Crippen LogP contribution in [0.15, 0.2) is 53.6 Å². The standard InChI is InChI=1S/C23H26N4O6S/c1-16-7-8-24-27(16)18-6-4-5-17(13-18)25-23(28)20-14-19(15-21(31-2)22(20)32-3)34(29,30)26-9-11-33-12-10-26/h4-8,13-15H,9-12H2,1-3H3,(H,25,28). The van der Waals surface area contributed by atoms with Crippen molar-refractivity contribution in [2.24, 2.45) is 0 Å². The Balaban J connectivity index is 1.70. The van der Waals surface area contributed by atoms with E-state index < -0.39 is 15.9 Å². The minimum atomic E-state index is -3.86. The van der Waals surface area contributed by atoms with Crippen LogP contribution in [0.5, 0.6) is 11.5 Å². The third kappa shape index (κ3) is 4.63. The maximum absolute atomic E-state index is 13.3. The number of carbonyl (C=O) groups is 1. The van der Waals surface area contributed by atoms with Crippen LogP contribution in [-0.4, -0.2) is 68.9 Å². The number of amides is 1. The van der Waals surface area contributed by atoms with Crippen LogP contribution in [0, 0.1) is 6.92 Å². The summed E-state index contributed by atoms with van der Waals surface area (Å²) in [5.41, 5.74) is 2.26. The zero-order valence-electron chi connectivity index (χ0n) is 19.1. The summed E-state index contributed by atoms with van der Waals surface area (Å²) in [5, 5.41) is 7.10. The number of aryl methyl sites for hydroxylation is 1. The van der Waals surface area contributed by atoms with Crippen molar-refractivity contribution in [3.63, 3.8) is 0 Å². The average molecular weight is 487 g/mol. The minimum absolute atomic E-state index is 0.0364. The molecule has 0 unspecified atom stereocenters. The number of anilines is 1. The van der Waals surface area contributed by atoms with Crippen molar-refractivity contribution < 1.29 is 27.4 Å². The molecule has 1 aliphatic rings. The first-order chi connectivity index (χ1) is 16.3. The molecule has 0 radical (unpaired) electrons. The van der Waals surface area contributed by atoms with Crippen LogP contribution in [0.25, 0.3) is 5.69 Å². The van der Waals surface area contributed by atoms with Gasteiger partial charge in [0.1, 0.15) is 0 Å². The number of hydrogen-bond acceptors (Lipinski definition) is 7. The van der Waals surface area contributed by atoms with E-state index in [1.807, 2.05) is 19.1 Å². The van der Waals surface area contributed by atoms with Gasteiger partial charge >= 0.3 is 0 Å². The van der Waals surface area contributed by atoms with E-state index in [1.165, 1.54) is 30.7 Å². The fraction of sp³-hybridized carbons (Fsp3) is 0.304. The molecule has 1 fully saturated rings. The summed E-state index contributed by atoms with van der Waals surface area (Å²) in [6.07, 6.45) is 1.69. The molecule has 0 aliphatic carbocycles. The Morgan fingerprint density at radius 2 is 1.85 bits per heavy atom. The van der Waals surface area contributed by atoms with Gasteiger partial charge in [0.05, 0.1) is 43.6 Å². The van der Waals surface area contributed by atoms with Gasteiger partial charge in [-0.2, -0.15) is 9.40 Å². The summed E-state index contributed by atoms with van der Waals surface area (Å²) in [7, 11) is -1.08. The summed E-state index contributed by atoms with van der Waals surface area (Å²) in [6.45, 7) is 3.02. The topological polar surface area (TPSA) is 112 Å². The summed E-state index contributed by atoms with van der Waals surface area (Å²) in [6, 6.07) is 11.7. The van der Waals surface area contributed by atoms with Gasteiger partial charge in [0.2, 0.25) is 10.0 Å². The number of ether oxygens (including phenoxy) is 3. The molecule has 2 aromatic carbocycles. The third-order valence-corrected chi connectivity index (χ3v) is 7.36. The number of methoxy groups -OCH3 is 2. The van der Waals surface area contributed by atoms with Gasteiger partial charge in [-0.1, -0.05) is 6.07 Å². The van der Waals surface area contributed by atoms with E-state index in [0.717, 1.165) is 11.4 Å². The van der Waals surface area contributed by atoms with E-state index in [4.69, 9.17) is 14.2 Å². The number of carbonyl (C=O) groups excluding carboxylic acids is 1. The second-order valence-electron chi connectivity index (χ2n) is 7.61. The zero-order chi connectivity index (χ0) is 24.3. The molecule has 1 aliphatic heterocycles. The van der Waals surface area contributed by atoms with Gasteiger partial charge in [0, 0.05) is 36.7 Å². The number of aromatic nitrogens is 2. The maximum Gasteiger partial charge on any atom is 0.259 e. The molecule has 10 nitrogen and oxygen atoms in total. The molecule has 0 spiro atoms. The predicted octanol–water partition coefficient (Wildman–Crippen LogP) is 2.47. The van der Waals surface area contributed by atoms with Crippen molar-refractivity contribution in [1.29, 1.82) is 0 Å². The summed E-state index contributed by atoms with van der Waals surface area (Å²) in [4.78, 5) is 13.2. The lowest BCUT2D eigenvalue weighted by molar-refractivity contribution is 0.0730. The van der Waals surface area contributed by atoms with Gasteiger partial charge in [0.25, 0.3) is 5.91 Å². The molecule has 0 saturated carbocycles. The lowest BCUT2D eigenvalue weighted by Gasteiger charge is -2.26. The van der Waals surface area contributed by atoms with Crippen molar-refractivity contribution in [3.05, 3.63) is 59.9 Å². The normalized spacial score (nSPS) is 14.6. The molecule has 1 saturated heterocycles. The van der Waals surface area contributed by atoms with Crippen molar-refractivity contribution in [1.82, 2.24) is 14.1 Å². The minimum Gasteiger partial charge on any atom is -0.493 e. The quantitative estimate of drug-likeness (QED) is 0.546. The Morgan fingerprint density at radius 1 is 1.09 bits per heavy atom. The third-order valence-electron chi connectivity index (χ3n) is 5.49. The van der Waals surface area contributed by atoms with Gasteiger partial charge < -0.3 is 19.5 Å². The van der Waals surface area contributed by atoms with Crippen molar-refractivity contribution in [2.75, 3.05) is 45.8 Å². The number of nitrogens with one attached hydrogen (secondary N) is 1. The average Bonchev–Trinajstić information content (AvgIpc) is 3.29. The van der Waals surface area contributed by atoms with Crippen molar-refractivity contribution in [3.8, 4) is 17.2 Å². The number of rotatable bonds is 7. The molecular weight excluding hydrogens is 460 g/mol. The Morgan fingerprint density at radius 3 is 2.50 bits per heavy atom. The van der Waals surface area contributed by atoms with E-state index in [0.29, 0.717) is 18.9 Å². The first-order valence-corrected chi connectivity index (χ1v) is 12.1. The Hall–Kier alpha value is -3.41. The number of sulfonamides is 1. The number of benzene rings is 2. The second-order valence-corrected chi connectivity index (χ2v) is 9.55. The lowest BCUT2D eigenvalue weighted by Crippen LogP contribution is -2.40. The van der Waals surface area contributed by atoms with E-state index in [9.17, 15) is 13.2 Å². The second kappa shape index (κ2) is 9.84. The van der Waals surface area contributed by atoms with Crippen LogP contribution in [0.2, 0.25) is 0 Å². The first kappa shape index (κ1) is 23.7. The molecule has 11 heteroatoms. The summed E-state index contributed by atoms with van der Waals surface area (Å²) in [5.74, 6) is -0.258. The maximum atomic E-state index is 13.3. The molecule has 2 heterocycles. The van der Waals surface area contributed by atoms with Gasteiger partial charge in [-0.3, -0.25) is 4.79 Å². The molecule has 1 N–H and O–H groups in total. The van der Waals surface area contributed by atoms with Crippen LogP contribution in [-0.2, 0) is 14.8 Å². The van der Waals surface area contributed by atoms with Gasteiger partial charge in [0.15, 0.2) is 11.5 Å². The Labute approximate surface area is 198 Å². The molecule has 0 atom stereocenters. The van der Waals surface area contributed by atoms with Gasteiger partial charge in [-0.05, 0) is 37.3 Å². The highest BCUT2D eigenvalue weighted by atomic mass is 32.2. The summed E-state index contributed by atoms with van der Waals surface area (Å²) < 4.78 is 45.6. The molecule has 34 heavy (non-hydrogen) atoms. The highest BCUT2D eigenvalue weighted by Gasteiger charge is 2.30. The van der Waals surface area contributed by atoms with E-state index in [-0.39, 0.29) is 35.0 Å². The number of nitrogens with zero attached hydrogens (tertiary/aromatic N) is 3. The monoisotopic (exact) mass is 486 g/mol. The summed E-state index contributed by atoms with van der Waals surface area (Å²) >= 11 is 0. The lowest BCUT2D eigenvalue weighted by atomic mass is 10.1. The van der Waals surface area contributed by atoms with Crippen molar-refractivity contribution in [2.45, 2.75) is 11.8 Å².